The molecule has 0 fully saturated rings. The highest BCUT2D eigenvalue weighted by Gasteiger charge is 2.50. The van der Waals surface area contributed by atoms with Crippen LogP contribution in [0, 0.1) is 0 Å². The molecule has 1 aliphatic carbocycles. The fraction of sp³-hybridized carbons (Fsp3) is 0.176. The quantitative estimate of drug-likeness (QED) is 0.868. The number of carbonyl (C=O) groups is 1. The van der Waals surface area contributed by atoms with Gasteiger partial charge in [-0.2, -0.15) is 13.2 Å². The minimum atomic E-state index is -5.10. The van der Waals surface area contributed by atoms with Crippen LogP contribution in [0.1, 0.15) is 17.0 Å². The normalized spacial score (nSPS) is 14.7. The Hall–Kier alpha value is -2.63. The molecule has 1 unspecified atom stereocenters. The van der Waals surface area contributed by atoms with Crippen LogP contribution in [0.2, 0.25) is 0 Å². The summed E-state index contributed by atoms with van der Waals surface area (Å²) in [6, 6.07) is 13.6. The van der Waals surface area contributed by atoms with Crippen LogP contribution in [0.15, 0.2) is 48.5 Å². The van der Waals surface area contributed by atoms with Crippen molar-refractivity contribution < 1.29 is 27.5 Å². The minimum Gasteiger partial charge on any atom is -0.445 e. The van der Waals surface area contributed by atoms with Gasteiger partial charge in [0.25, 0.3) is 5.78 Å². The standard InChI is InChI=1S/C17H10F3O3/c18-17(19,20)16(22)15(23-9-21)14-12-7-3-1-5-10(12)11-6-2-4-8-13(11)14/h1-8,14-15H. The molecule has 2 aromatic carbocycles. The van der Waals surface area contributed by atoms with Crippen LogP contribution in [0.25, 0.3) is 11.1 Å². The zero-order chi connectivity index (χ0) is 16.6. The van der Waals surface area contributed by atoms with E-state index in [1.807, 2.05) is 0 Å². The average molecular weight is 319 g/mol. The largest absolute Gasteiger partial charge is 0.454 e. The zero-order valence-corrected chi connectivity index (χ0v) is 11.6. The molecule has 3 nitrogen and oxygen atoms in total. The third kappa shape index (κ3) is 2.50. The number of halogens is 3. The van der Waals surface area contributed by atoms with Gasteiger partial charge in [-0.05, 0) is 22.3 Å². The molecule has 2 aromatic rings. The van der Waals surface area contributed by atoms with E-state index in [2.05, 4.69) is 4.74 Å². The van der Waals surface area contributed by atoms with E-state index in [1.54, 1.807) is 48.5 Å². The SMILES string of the molecule is O=[C]OC(C(=O)C(F)(F)F)C1c2ccccc2-c2ccccc21. The summed E-state index contributed by atoms with van der Waals surface area (Å²) in [7, 11) is 0. The van der Waals surface area contributed by atoms with E-state index in [0.717, 1.165) is 17.6 Å². The maximum absolute atomic E-state index is 12.9. The van der Waals surface area contributed by atoms with E-state index in [-0.39, 0.29) is 0 Å². The van der Waals surface area contributed by atoms with E-state index in [1.165, 1.54) is 0 Å². The number of alkyl halides is 3. The summed E-state index contributed by atoms with van der Waals surface area (Å²) in [6.45, 7) is 0.988. The molecule has 0 N–H and O–H groups in total. The van der Waals surface area contributed by atoms with Gasteiger partial charge in [0, 0.05) is 0 Å². The number of ketones is 1. The van der Waals surface area contributed by atoms with Crippen molar-refractivity contribution in [1.82, 2.24) is 0 Å². The number of rotatable bonds is 4. The van der Waals surface area contributed by atoms with Gasteiger partial charge in [0.1, 0.15) is 0 Å². The zero-order valence-electron chi connectivity index (χ0n) is 11.6. The van der Waals surface area contributed by atoms with Gasteiger partial charge < -0.3 is 4.74 Å². The Balaban J connectivity index is 2.17. The smallest absolute Gasteiger partial charge is 0.445 e. The Bertz CT molecular complexity index is 722. The minimum absolute atomic E-state index is 0.520. The number of ether oxygens (including phenoxy) is 1. The van der Waals surface area contributed by atoms with Crippen LogP contribution in [0.3, 0.4) is 0 Å². The lowest BCUT2D eigenvalue weighted by Gasteiger charge is -2.23. The van der Waals surface area contributed by atoms with Gasteiger partial charge in [-0.3, -0.25) is 4.79 Å². The first kappa shape index (κ1) is 15.3. The molecule has 0 amide bonds. The molecular weight excluding hydrogens is 309 g/mol. The molecule has 0 heterocycles. The maximum atomic E-state index is 12.9. The average Bonchev–Trinajstić information content (AvgIpc) is 2.86. The molecule has 0 saturated heterocycles. The van der Waals surface area contributed by atoms with Crippen molar-refractivity contribution in [3.05, 3.63) is 59.7 Å². The summed E-state index contributed by atoms with van der Waals surface area (Å²) in [5.41, 5.74) is 2.49. The molecule has 1 radical (unpaired) electrons. The lowest BCUT2D eigenvalue weighted by Crippen LogP contribution is -2.40. The fourth-order valence-corrected chi connectivity index (χ4v) is 3.01. The molecule has 1 atom stereocenters. The third-order valence-corrected chi connectivity index (χ3v) is 3.90. The summed E-state index contributed by atoms with van der Waals surface area (Å²) < 4.78 is 43.1. The Morgan fingerprint density at radius 3 is 1.91 bits per heavy atom. The van der Waals surface area contributed by atoms with E-state index in [9.17, 15) is 22.8 Å². The number of hydrogen-bond donors (Lipinski definition) is 0. The number of Topliss-reactive ketones (excluding diaryl/α,β-unsaturated/α-hetero) is 1. The molecular formula is C17H10F3O3. The molecule has 0 spiro atoms. The van der Waals surface area contributed by atoms with Crippen LogP contribution in [0.4, 0.5) is 13.2 Å². The highest BCUT2D eigenvalue weighted by atomic mass is 19.4. The van der Waals surface area contributed by atoms with Crippen LogP contribution in [-0.4, -0.2) is 24.5 Å². The van der Waals surface area contributed by atoms with Crippen molar-refractivity contribution in [2.24, 2.45) is 0 Å². The van der Waals surface area contributed by atoms with Gasteiger partial charge in [0.05, 0.1) is 5.92 Å². The molecule has 0 aliphatic heterocycles. The first-order valence-electron chi connectivity index (χ1n) is 6.77. The van der Waals surface area contributed by atoms with Gasteiger partial charge in [-0.1, -0.05) is 48.5 Å². The number of carbonyl (C=O) groups excluding carboxylic acids is 2. The van der Waals surface area contributed by atoms with Crippen molar-refractivity contribution in [2.75, 3.05) is 0 Å². The first-order chi connectivity index (χ1) is 10.9. The van der Waals surface area contributed by atoms with Gasteiger partial charge >= 0.3 is 12.6 Å². The summed E-state index contributed by atoms with van der Waals surface area (Å²) in [4.78, 5) is 22.3. The summed E-state index contributed by atoms with van der Waals surface area (Å²) in [6.07, 6.45) is -7.09. The molecule has 0 bridgehead atoms. The van der Waals surface area contributed by atoms with E-state index < -0.39 is 24.0 Å². The number of hydrogen-bond acceptors (Lipinski definition) is 3. The molecule has 1 aliphatic rings. The predicted molar refractivity (Wildman–Crippen MR) is 75.3 cm³/mol. The Labute approximate surface area is 129 Å². The first-order valence-corrected chi connectivity index (χ1v) is 6.77. The van der Waals surface area contributed by atoms with Gasteiger partial charge in [0.15, 0.2) is 6.10 Å². The molecule has 23 heavy (non-hydrogen) atoms. The lowest BCUT2D eigenvalue weighted by atomic mass is 9.88. The second kappa shape index (κ2) is 5.53. The van der Waals surface area contributed by atoms with E-state index in [0.29, 0.717) is 11.1 Å². The second-order valence-corrected chi connectivity index (χ2v) is 5.14. The molecule has 6 heteroatoms. The van der Waals surface area contributed by atoms with Crippen molar-refractivity contribution in [3.63, 3.8) is 0 Å². The monoisotopic (exact) mass is 319 g/mol. The van der Waals surface area contributed by atoms with Crippen molar-refractivity contribution in [2.45, 2.75) is 18.2 Å². The Kier molecular flexibility index (Phi) is 3.67. The Morgan fingerprint density at radius 2 is 1.48 bits per heavy atom. The number of fused-ring (bicyclic) bond motifs is 3. The van der Waals surface area contributed by atoms with Crippen molar-refractivity contribution in [1.29, 1.82) is 0 Å². The summed E-state index contributed by atoms with van der Waals surface area (Å²) >= 11 is 0. The van der Waals surface area contributed by atoms with Crippen LogP contribution in [0.5, 0.6) is 0 Å². The second-order valence-electron chi connectivity index (χ2n) is 5.14. The maximum Gasteiger partial charge on any atom is 0.454 e. The van der Waals surface area contributed by atoms with Crippen LogP contribution < -0.4 is 0 Å². The molecule has 3 rings (SSSR count). The van der Waals surface area contributed by atoms with Crippen molar-refractivity contribution in [3.8, 4) is 11.1 Å². The van der Waals surface area contributed by atoms with Crippen LogP contribution in [-0.2, 0) is 14.3 Å². The predicted octanol–water partition coefficient (Wildman–Crippen LogP) is 3.38. The lowest BCUT2D eigenvalue weighted by molar-refractivity contribution is -0.179. The van der Waals surface area contributed by atoms with Gasteiger partial charge in [0.2, 0.25) is 0 Å². The van der Waals surface area contributed by atoms with Gasteiger partial charge in [-0.15, -0.1) is 0 Å². The van der Waals surface area contributed by atoms with Crippen LogP contribution >= 0.6 is 0 Å². The Morgan fingerprint density at radius 1 is 1.00 bits per heavy atom. The van der Waals surface area contributed by atoms with E-state index >= 15 is 0 Å². The van der Waals surface area contributed by atoms with Crippen molar-refractivity contribution >= 4 is 12.3 Å². The summed E-state index contributed by atoms with van der Waals surface area (Å²) in [5, 5.41) is 0. The number of benzene rings is 2. The fourth-order valence-electron chi connectivity index (χ4n) is 3.01. The highest BCUT2D eigenvalue weighted by Crippen LogP contribution is 2.47. The molecule has 0 aromatic heterocycles. The summed E-state index contributed by atoms with van der Waals surface area (Å²) in [5.74, 6) is -3.10. The van der Waals surface area contributed by atoms with E-state index in [4.69, 9.17) is 0 Å². The molecule has 0 saturated carbocycles. The molecule has 117 valence electrons. The van der Waals surface area contributed by atoms with Gasteiger partial charge in [-0.25, -0.2) is 4.79 Å². The topological polar surface area (TPSA) is 43.4 Å². The highest BCUT2D eigenvalue weighted by molar-refractivity contribution is 5.93. The third-order valence-electron chi connectivity index (χ3n) is 3.90.